The van der Waals surface area contributed by atoms with Crippen LogP contribution in [-0.2, 0) is 6.54 Å². The molecule has 0 spiro atoms. The lowest BCUT2D eigenvalue weighted by Crippen LogP contribution is -2.20. The van der Waals surface area contributed by atoms with Crippen LogP contribution >= 0.6 is 11.6 Å². The summed E-state index contributed by atoms with van der Waals surface area (Å²) in [5.74, 6) is 1.60. The zero-order valence-electron chi connectivity index (χ0n) is 9.82. The van der Waals surface area contributed by atoms with E-state index < -0.39 is 0 Å². The van der Waals surface area contributed by atoms with Crippen LogP contribution in [0.2, 0.25) is 0 Å². The molecule has 2 heterocycles. The van der Waals surface area contributed by atoms with E-state index in [4.69, 9.17) is 11.6 Å². The van der Waals surface area contributed by atoms with Crippen LogP contribution in [0.1, 0.15) is 24.0 Å². The van der Waals surface area contributed by atoms with Gasteiger partial charge in [-0.05, 0) is 43.4 Å². The predicted molar refractivity (Wildman–Crippen MR) is 67.7 cm³/mol. The maximum absolute atomic E-state index is 5.78. The third-order valence-corrected chi connectivity index (χ3v) is 3.44. The maximum Gasteiger partial charge on any atom is 0.0313 e. The molecule has 0 amide bonds. The summed E-state index contributed by atoms with van der Waals surface area (Å²) in [5.41, 5.74) is 2.57. The van der Waals surface area contributed by atoms with Gasteiger partial charge in [0.15, 0.2) is 0 Å². The molecule has 1 atom stereocenters. The van der Waals surface area contributed by atoms with Crippen LogP contribution in [0.25, 0.3) is 0 Å². The van der Waals surface area contributed by atoms with Gasteiger partial charge in [0.05, 0.1) is 0 Å². The van der Waals surface area contributed by atoms with Crippen molar-refractivity contribution >= 4 is 11.6 Å². The van der Waals surface area contributed by atoms with Crippen molar-refractivity contribution < 1.29 is 0 Å². The number of halogens is 1. The highest BCUT2D eigenvalue weighted by Gasteiger charge is 2.21. The van der Waals surface area contributed by atoms with Gasteiger partial charge in [-0.1, -0.05) is 6.07 Å². The zero-order chi connectivity index (χ0) is 11.4. The molecule has 16 heavy (non-hydrogen) atoms. The van der Waals surface area contributed by atoms with Gasteiger partial charge in [-0.3, -0.25) is 9.88 Å². The van der Waals surface area contributed by atoms with Gasteiger partial charge in [0, 0.05) is 31.4 Å². The summed E-state index contributed by atoms with van der Waals surface area (Å²) in [6.07, 6.45) is 6.34. The largest absolute Gasteiger partial charge is 0.299 e. The number of aryl methyl sites for hydroxylation is 1. The molecule has 0 saturated carbocycles. The summed E-state index contributed by atoms with van der Waals surface area (Å²) in [7, 11) is 0. The van der Waals surface area contributed by atoms with Gasteiger partial charge >= 0.3 is 0 Å². The molecular weight excluding hydrogens is 220 g/mol. The van der Waals surface area contributed by atoms with E-state index in [1.54, 1.807) is 0 Å². The molecule has 1 fully saturated rings. The van der Waals surface area contributed by atoms with Gasteiger partial charge < -0.3 is 0 Å². The van der Waals surface area contributed by atoms with E-state index in [2.05, 4.69) is 22.9 Å². The van der Waals surface area contributed by atoms with Crippen molar-refractivity contribution in [2.24, 2.45) is 5.92 Å². The molecule has 0 N–H and O–H groups in total. The number of alkyl halides is 1. The molecule has 2 rings (SSSR count). The van der Waals surface area contributed by atoms with Crippen molar-refractivity contribution in [2.75, 3.05) is 19.0 Å². The molecule has 1 aliphatic rings. The standard InChI is InChI=1S/C13H19ClN2/c1-11-6-13(8-15-7-11)10-16-5-3-12(9-16)2-4-14/h6-8,12H,2-5,9-10H2,1H3. The van der Waals surface area contributed by atoms with Gasteiger partial charge in [0.25, 0.3) is 0 Å². The Bertz CT molecular complexity index is 340. The minimum Gasteiger partial charge on any atom is -0.299 e. The number of likely N-dealkylation sites (tertiary alicyclic amines) is 1. The fourth-order valence-corrected chi connectivity index (χ4v) is 2.72. The van der Waals surface area contributed by atoms with Crippen LogP contribution in [0.4, 0.5) is 0 Å². The molecule has 88 valence electrons. The smallest absolute Gasteiger partial charge is 0.0313 e. The minimum absolute atomic E-state index is 0.796. The Hall–Kier alpha value is -0.600. The second-order valence-electron chi connectivity index (χ2n) is 4.74. The predicted octanol–water partition coefficient (Wildman–Crippen LogP) is 2.84. The highest BCUT2D eigenvalue weighted by atomic mass is 35.5. The molecule has 1 saturated heterocycles. The SMILES string of the molecule is Cc1cncc(CN2CCC(CCCl)C2)c1. The van der Waals surface area contributed by atoms with Gasteiger partial charge in [0.2, 0.25) is 0 Å². The molecule has 1 aromatic rings. The molecule has 3 heteroatoms. The lowest BCUT2D eigenvalue weighted by molar-refractivity contribution is 0.315. The van der Waals surface area contributed by atoms with Crippen molar-refractivity contribution in [3.8, 4) is 0 Å². The van der Waals surface area contributed by atoms with Crippen molar-refractivity contribution in [3.05, 3.63) is 29.6 Å². The Balaban J connectivity index is 1.87. The molecule has 0 aromatic carbocycles. The molecule has 0 bridgehead atoms. The van der Waals surface area contributed by atoms with E-state index in [1.807, 2.05) is 12.4 Å². The summed E-state index contributed by atoms with van der Waals surface area (Å²) in [4.78, 5) is 6.74. The Morgan fingerprint density at radius 2 is 2.38 bits per heavy atom. The molecule has 0 radical (unpaired) electrons. The number of hydrogen-bond acceptors (Lipinski definition) is 2. The summed E-state index contributed by atoms with van der Waals surface area (Å²) < 4.78 is 0. The van der Waals surface area contributed by atoms with E-state index in [-0.39, 0.29) is 0 Å². The Kier molecular flexibility index (Phi) is 4.19. The summed E-state index contributed by atoms with van der Waals surface area (Å²) in [6.45, 7) is 5.53. The molecule has 1 unspecified atom stereocenters. The Morgan fingerprint density at radius 1 is 1.50 bits per heavy atom. The van der Waals surface area contributed by atoms with Crippen LogP contribution in [0.15, 0.2) is 18.5 Å². The van der Waals surface area contributed by atoms with E-state index in [0.717, 1.165) is 24.8 Å². The minimum atomic E-state index is 0.796. The third-order valence-electron chi connectivity index (χ3n) is 3.23. The first-order chi connectivity index (χ1) is 7.78. The topological polar surface area (TPSA) is 16.1 Å². The zero-order valence-corrected chi connectivity index (χ0v) is 10.6. The second-order valence-corrected chi connectivity index (χ2v) is 5.12. The Labute approximate surface area is 103 Å². The van der Waals surface area contributed by atoms with Crippen molar-refractivity contribution in [2.45, 2.75) is 26.3 Å². The summed E-state index contributed by atoms with van der Waals surface area (Å²) in [6, 6.07) is 2.22. The summed E-state index contributed by atoms with van der Waals surface area (Å²) >= 11 is 5.78. The van der Waals surface area contributed by atoms with E-state index in [1.165, 1.54) is 30.6 Å². The van der Waals surface area contributed by atoms with Crippen molar-refractivity contribution in [1.29, 1.82) is 0 Å². The molecule has 1 aliphatic heterocycles. The molecule has 0 aliphatic carbocycles. The molecular formula is C13H19ClN2. The summed E-state index contributed by atoms with van der Waals surface area (Å²) in [5, 5.41) is 0. The van der Waals surface area contributed by atoms with Crippen molar-refractivity contribution in [3.63, 3.8) is 0 Å². The van der Waals surface area contributed by atoms with E-state index in [9.17, 15) is 0 Å². The van der Waals surface area contributed by atoms with Gasteiger partial charge in [-0.25, -0.2) is 0 Å². The third kappa shape index (κ3) is 3.19. The quantitative estimate of drug-likeness (QED) is 0.750. The molecule has 2 nitrogen and oxygen atoms in total. The second kappa shape index (κ2) is 5.65. The van der Waals surface area contributed by atoms with Crippen molar-refractivity contribution in [1.82, 2.24) is 9.88 Å². The van der Waals surface area contributed by atoms with Gasteiger partial charge in [0.1, 0.15) is 0 Å². The van der Waals surface area contributed by atoms with Crippen LogP contribution in [-0.4, -0.2) is 28.9 Å². The number of nitrogens with zero attached hydrogens (tertiary/aromatic N) is 2. The van der Waals surface area contributed by atoms with Crippen LogP contribution < -0.4 is 0 Å². The highest BCUT2D eigenvalue weighted by molar-refractivity contribution is 6.17. The monoisotopic (exact) mass is 238 g/mol. The first-order valence-corrected chi connectivity index (χ1v) is 6.50. The highest BCUT2D eigenvalue weighted by Crippen LogP contribution is 2.21. The number of rotatable bonds is 4. The maximum atomic E-state index is 5.78. The van der Waals surface area contributed by atoms with E-state index >= 15 is 0 Å². The Morgan fingerprint density at radius 3 is 3.12 bits per heavy atom. The lowest BCUT2D eigenvalue weighted by atomic mass is 10.1. The average Bonchev–Trinajstić information content (AvgIpc) is 2.66. The van der Waals surface area contributed by atoms with Gasteiger partial charge in [-0.15, -0.1) is 11.6 Å². The van der Waals surface area contributed by atoms with Gasteiger partial charge in [-0.2, -0.15) is 0 Å². The number of aromatic nitrogens is 1. The molecule has 1 aromatic heterocycles. The first-order valence-electron chi connectivity index (χ1n) is 5.97. The average molecular weight is 239 g/mol. The first kappa shape index (κ1) is 11.9. The van der Waals surface area contributed by atoms with E-state index in [0.29, 0.717) is 0 Å². The van der Waals surface area contributed by atoms with Crippen LogP contribution in [0, 0.1) is 12.8 Å². The lowest BCUT2D eigenvalue weighted by Gasteiger charge is -2.15. The normalized spacial score (nSPS) is 21.5. The van der Waals surface area contributed by atoms with Crippen LogP contribution in [0.3, 0.4) is 0 Å². The fourth-order valence-electron chi connectivity index (χ4n) is 2.41. The number of pyridine rings is 1. The fraction of sp³-hybridized carbons (Fsp3) is 0.615. The number of hydrogen-bond donors (Lipinski definition) is 0. The van der Waals surface area contributed by atoms with Crippen LogP contribution in [0.5, 0.6) is 0 Å².